The molecule has 1 N–H and O–H groups in total. The highest BCUT2D eigenvalue weighted by atomic mass is 32.1. The third-order valence-electron chi connectivity index (χ3n) is 3.21. The third-order valence-corrected chi connectivity index (χ3v) is 4.10. The first kappa shape index (κ1) is 13.8. The molecule has 1 aliphatic rings. The van der Waals surface area contributed by atoms with E-state index in [9.17, 15) is 9.59 Å². The Hall–Kier alpha value is -1.60. The van der Waals surface area contributed by atoms with Crippen molar-refractivity contribution in [1.29, 1.82) is 0 Å². The van der Waals surface area contributed by atoms with Crippen molar-refractivity contribution in [3.8, 4) is 5.75 Å². The summed E-state index contributed by atoms with van der Waals surface area (Å²) in [6, 6.07) is 1.22. The number of nitrogens with zero attached hydrogens (tertiary/aromatic N) is 1. The first-order valence-electron chi connectivity index (χ1n) is 5.74. The van der Waals surface area contributed by atoms with Crippen LogP contribution in [0.2, 0.25) is 0 Å². The van der Waals surface area contributed by atoms with Crippen LogP contribution < -0.4 is 4.74 Å². The van der Waals surface area contributed by atoms with Gasteiger partial charge in [-0.15, -0.1) is 11.3 Å². The quantitative estimate of drug-likeness (QED) is 0.890. The summed E-state index contributed by atoms with van der Waals surface area (Å²) in [6.07, 6.45) is 0. The number of carboxylic acids is 1. The Bertz CT molecular complexity index is 486. The van der Waals surface area contributed by atoms with Gasteiger partial charge in [0.1, 0.15) is 11.7 Å². The van der Waals surface area contributed by atoms with Gasteiger partial charge in [-0.3, -0.25) is 9.59 Å². The first-order valence-corrected chi connectivity index (χ1v) is 6.62. The molecule has 2 atom stereocenters. The van der Waals surface area contributed by atoms with E-state index in [1.807, 2.05) is 0 Å². The topological polar surface area (TPSA) is 76.1 Å². The summed E-state index contributed by atoms with van der Waals surface area (Å²) in [4.78, 5) is 25.3. The minimum atomic E-state index is -0.939. The number of ether oxygens (including phenoxy) is 2. The van der Waals surface area contributed by atoms with E-state index in [-0.39, 0.29) is 19.1 Å². The molecule has 0 aromatic carbocycles. The van der Waals surface area contributed by atoms with E-state index in [2.05, 4.69) is 0 Å². The molecule has 7 heteroatoms. The number of carbonyl (C=O) groups excluding carboxylic acids is 1. The summed E-state index contributed by atoms with van der Waals surface area (Å²) in [7, 11) is 3.13. The lowest BCUT2D eigenvalue weighted by Crippen LogP contribution is -2.43. The molecule has 2 unspecified atom stereocenters. The van der Waals surface area contributed by atoms with Crippen molar-refractivity contribution in [1.82, 2.24) is 4.90 Å². The van der Waals surface area contributed by atoms with E-state index in [1.165, 1.54) is 23.3 Å². The third kappa shape index (κ3) is 2.71. The molecule has 0 saturated carbocycles. The van der Waals surface area contributed by atoms with E-state index >= 15 is 0 Å². The van der Waals surface area contributed by atoms with Gasteiger partial charge >= 0.3 is 5.97 Å². The molecular formula is C12H15NO5S. The van der Waals surface area contributed by atoms with Crippen LogP contribution in [0.3, 0.4) is 0 Å². The number of methoxy groups -OCH3 is 1. The van der Waals surface area contributed by atoms with Crippen molar-refractivity contribution >= 4 is 23.2 Å². The van der Waals surface area contributed by atoms with Crippen LogP contribution in [0.4, 0.5) is 0 Å². The highest BCUT2D eigenvalue weighted by Crippen LogP contribution is 2.25. The maximum atomic E-state index is 12.3. The number of hydrogen-bond donors (Lipinski definition) is 1. The van der Waals surface area contributed by atoms with Crippen LogP contribution >= 0.6 is 11.3 Å². The molecule has 19 heavy (non-hydrogen) atoms. The lowest BCUT2D eigenvalue weighted by Gasteiger charge is -2.25. The molecular weight excluding hydrogens is 270 g/mol. The van der Waals surface area contributed by atoms with Gasteiger partial charge in [0.25, 0.3) is 5.91 Å². The largest absolute Gasteiger partial charge is 0.496 e. The Kier molecular flexibility index (Phi) is 4.06. The number of thiophene rings is 1. The summed E-state index contributed by atoms with van der Waals surface area (Å²) in [6.45, 7) is 0.396. The van der Waals surface area contributed by atoms with Gasteiger partial charge in [0.05, 0.1) is 31.2 Å². The summed E-state index contributed by atoms with van der Waals surface area (Å²) < 4.78 is 10.2. The van der Waals surface area contributed by atoms with Crippen molar-refractivity contribution in [2.24, 2.45) is 5.92 Å². The molecule has 1 aliphatic heterocycles. The predicted molar refractivity (Wildman–Crippen MR) is 68.7 cm³/mol. The molecule has 2 rings (SSSR count). The summed E-state index contributed by atoms with van der Waals surface area (Å²) in [5.41, 5.74) is 0. The Morgan fingerprint density at radius 3 is 2.84 bits per heavy atom. The molecule has 1 fully saturated rings. The number of amides is 1. The maximum absolute atomic E-state index is 12.3. The van der Waals surface area contributed by atoms with Crippen LogP contribution in [0.5, 0.6) is 5.75 Å². The van der Waals surface area contributed by atoms with Gasteiger partial charge in [-0.1, -0.05) is 0 Å². The molecule has 104 valence electrons. The molecule has 1 aromatic rings. The SMILES string of the molecule is COc1csc(C(=O)N(C)C2COCC2C(=O)O)c1. The number of aliphatic carboxylic acids is 1. The predicted octanol–water partition coefficient (Wildman–Crippen LogP) is 0.928. The summed E-state index contributed by atoms with van der Waals surface area (Å²) in [5, 5.41) is 10.8. The van der Waals surface area contributed by atoms with Gasteiger partial charge in [0, 0.05) is 18.5 Å². The fourth-order valence-corrected chi connectivity index (χ4v) is 2.86. The minimum absolute atomic E-state index is 0.144. The smallest absolute Gasteiger partial charge is 0.311 e. The molecule has 1 saturated heterocycles. The lowest BCUT2D eigenvalue weighted by atomic mass is 10.0. The van der Waals surface area contributed by atoms with Crippen molar-refractivity contribution in [3.63, 3.8) is 0 Å². The van der Waals surface area contributed by atoms with E-state index in [0.717, 1.165) is 0 Å². The molecule has 1 amide bonds. The van der Waals surface area contributed by atoms with Crippen LogP contribution in [-0.2, 0) is 9.53 Å². The van der Waals surface area contributed by atoms with Gasteiger partial charge in [0.15, 0.2) is 0 Å². The molecule has 0 bridgehead atoms. The molecule has 0 spiro atoms. The van der Waals surface area contributed by atoms with E-state index in [1.54, 1.807) is 18.5 Å². The molecule has 2 heterocycles. The number of carboxylic acid groups (broad SMARTS) is 1. The van der Waals surface area contributed by atoms with Crippen LogP contribution in [0.15, 0.2) is 11.4 Å². The zero-order chi connectivity index (χ0) is 14.0. The van der Waals surface area contributed by atoms with E-state index in [4.69, 9.17) is 14.6 Å². The standard InChI is InChI=1S/C12H15NO5S/c1-13(9-5-18-4-8(9)12(15)16)11(14)10-3-7(17-2)6-19-10/h3,6,8-9H,4-5H2,1-2H3,(H,15,16). The fraction of sp³-hybridized carbons (Fsp3) is 0.500. The van der Waals surface area contributed by atoms with Crippen LogP contribution in [0, 0.1) is 5.92 Å². The molecule has 6 nitrogen and oxygen atoms in total. The zero-order valence-corrected chi connectivity index (χ0v) is 11.5. The molecule has 1 aromatic heterocycles. The number of rotatable bonds is 4. The Morgan fingerprint density at radius 2 is 2.26 bits per heavy atom. The number of hydrogen-bond acceptors (Lipinski definition) is 5. The van der Waals surface area contributed by atoms with Gasteiger partial charge in [-0.25, -0.2) is 0 Å². The Labute approximate surface area is 114 Å². The van der Waals surface area contributed by atoms with Crippen LogP contribution in [0.25, 0.3) is 0 Å². The van der Waals surface area contributed by atoms with Gasteiger partial charge in [-0.2, -0.15) is 0 Å². The van der Waals surface area contributed by atoms with Gasteiger partial charge in [0.2, 0.25) is 0 Å². The average molecular weight is 285 g/mol. The van der Waals surface area contributed by atoms with Crippen molar-refractivity contribution in [2.45, 2.75) is 6.04 Å². The highest BCUT2D eigenvalue weighted by molar-refractivity contribution is 7.12. The zero-order valence-electron chi connectivity index (χ0n) is 10.7. The molecule has 0 radical (unpaired) electrons. The van der Waals surface area contributed by atoms with Crippen molar-refractivity contribution in [3.05, 3.63) is 16.3 Å². The average Bonchev–Trinajstić information content (AvgIpc) is 3.05. The molecule has 0 aliphatic carbocycles. The van der Waals surface area contributed by atoms with E-state index in [0.29, 0.717) is 10.6 Å². The second-order valence-electron chi connectivity index (χ2n) is 4.32. The monoisotopic (exact) mass is 285 g/mol. The van der Waals surface area contributed by atoms with E-state index < -0.39 is 17.9 Å². The second-order valence-corrected chi connectivity index (χ2v) is 5.23. The lowest BCUT2D eigenvalue weighted by molar-refractivity contribution is -0.142. The fourth-order valence-electron chi connectivity index (χ4n) is 2.02. The summed E-state index contributed by atoms with van der Waals surface area (Å²) >= 11 is 1.27. The van der Waals surface area contributed by atoms with Crippen LogP contribution in [0.1, 0.15) is 9.67 Å². The normalized spacial score (nSPS) is 22.2. The first-order chi connectivity index (χ1) is 9.04. The highest BCUT2D eigenvalue weighted by Gasteiger charge is 2.38. The maximum Gasteiger partial charge on any atom is 0.311 e. The Morgan fingerprint density at radius 1 is 1.53 bits per heavy atom. The van der Waals surface area contributed by atoms with Gasteiger partial charge < -0.3 is 19.5 Å². The minimum Gasteiger partial charge on any atom is -0.496 e. The van der Waals surface area contributed by atoms with Crippen molar-refractivity contribution < 1.29 is 24.2 Å². The number of carbonyl (C=O) groups is 2. The van der Waals surface area contributed by atoms with Crippen molar-refractivity contribution in [2.75, 3.05) is 27.4 Å². The van der Waals surface area contributed by atoms with Crippen LogP contribution in [-0.4, -0.2) is 55.3 Å². The summed E-state index contributed by atoms with van der Waals surface area (Å²) in [5.74, 6) is -1.20. The number of likely N-dealkylation sites (N-methyl/N-ethyl adjacent to an activating group) is 1. The Balaban J connectivity index is 2.12. The second kappa shape index (κ2) is 5.58. The van der Waals surface area contributed by atoms with Gasteiger partial charge in [-0.05, 0) is 0 Å².